The second-order valence-electron chi connectivity index (χ2n) is 7.47. The first-order valence-corrected chi connectivity index (χ1v) is 7.97. The summed E-state index contributed by atoms with van der Waals surface area (Å²) in [6, 6.07) is 1.61. The summed E-state index contributed by atoms with van der Waals surface area (Å²) in [4.78, 5) is 2.79. The lowest BCUT2D eigenvalue weighted by molar-refractivity contribution is 0.0648. The Morgan fingerprint density at radius 1 is 1.11 bits per heavy atom. The topological polar surface area (TPSA) is 29.3 Å². The van der Waals surface area contributed by atoms with E-state index < -0.39 is 0 Å². The van der Waals surface area contributed by atoms with Gasteiger partial charge in [-0.1, -0.05) is 20.3 Å². The fraction of sp³-hybridized carbons (Fsp3) is 1.00. The molecular formula is C16H32N2. The van der Waals surface area contributed by atoms with Gasteiger partial charge in [0.15, 0.2) is 0 Å². The maximum absolute atomic E-state index is 5.89. The second-order valence-corrected chi connectivity index (χ2v) is 7.47. The van der Waals surface area contributed by atoms with Gasteiger partial charge in [0.25, 0.3) is 0 Å². The van der Waals surface area contributed by atoms with E-state index in [1.807, 2.05) is 0 Å². The summed E-state index contributed by atoms with van der Waals surface area (Å²) in [7, 11) is 0. The highest BCUT2D eigenvalue weighted by molar-refractivity contribution is 4.87. The van der Waals surface area contributed by atoms with Crippen molar-refractivity contribution in [2.45, 2.75) is 77.8 Å². The molecule has 2 heteroatoms. The van der Waals surface area contributed by atoms with E-state index in [0.29, 0.717) is 5.41 Å². The van der Waals surface area contributed by atoms with Crippen LogP contribution in [-0.2, 0) is 0 Å². The summed E-state index contributed by atoms with van der Waals surface area (Å²) in [5.74, 6) is 0.748. The van der Waals surface area contributed by atoms with Crippen molar-refractivity contribution in [2.75, 3.05) is 13.1 Å². The molecule has 0 aromatic carbocycles. The maximum atomic E-state index is 5.89. The van der Waals surface area contributed by atoms with Crippen LogP contribution in [0.15, 0.2) is 0 Å². The first-order valence-electron chi connectivity index (χ1n) is 7.97. The first-order chi connectivity index (χ1) is 8.52. The summed E-state index contributed by atoms with van der Waals surface area (Å²) in [6.45, 7) is 9.43. The van der Waals surface area contributed by atoms with Crippen molar-refractivity contribution in [2.24, 2.45) is 17.1 Å². The zero-order valence-electron chi connectivity index (χ0n) is 12.6. The molecule has 1 aliphatic carbocycles. The zero-order valence-corrected chi connectivity index (χ0v) is 12.6. The van der Waals surface area contributed by atoms with Crippen molar-refractivity contribution < 1.29 is 0 Å². The SMILES string of the molecule is CC1CCC(CN)CN1C1CCCC(C)(C)CC1. The van der Waals surface area contributed by atoms with Crippen LogP contribution in [0.4, 0.5) is 0 Å². The summed E-state index contributed by atoms with van der Waals surface area (Å²) < 4.78 is 0. The van der Waals surface area contributed by atoms with Crippen molar-refractivity contribution in [1.82, 2.24) is 4.90 Å². The van der Waals surface area contributed by atoms with Gasteiger partial charge in [0, 0.05) is 18.6 Å². The maximum Gasteiger partial charge on any atom is 0.00984 e. The van der Waals surface area contributed by atoms with Gasteiger partial charge in [-0.25, -0.2) is 0 Å². The second kappa shape index (κ2) is 5.92. The van der Waals surface area contributed by atoms with Gasteiger partial charge in [-0.05, 0) is 63.3 Å². The first kappa shape index (κ1) is 14.3. The highest BCUT2D eigenvalue weighted by Crippen LogP contribution is 2.37. The number of nitrogens with two attached hydrogens (primary N) is 1. The highest BCUT2D eigenvalue weighted by Gasteiger charge is 2.33. The Bertz CT molecular complexity index is 262. The molecule has 2 N–H and O–H groups in total. The molecule has 0 amide bonds. The molecule has 2 aliphatic rings. The molecule has 1 heterocycles. The number of hydrogen-bond donors (Lipinski definition) is 1. The monoisotopic (exact) mass is 252 g/mol. The smallest absolute Gasteiger partial charge is 0.00984 e. The van der Waals surface area contributed by atoms with Crippen molar-refractivity contribution >= 4 is 0 Å². The Morgan fingerprint density at radius 2 is 1.89 bits per heavy atom. The average Bonchev–Trinajstić information content (AvgIpc) is 2.51. The lowest BCUT2D eigenvalue weighted by Crippen LogP contribution is -2.49. The van der Waals surface area contributed by atoms with Gasteiger partial charge in [-0.15, -0.1) is 0 Å². The minimum absolute atomic E-state index is 0.570. The Balaban J connectivity index is 1.96. The molecule has 2 rings (SSSR count). The molecule has 1 aliphatic heterocycles. The van der Waals surface area contributed by atoms with Crippen LogP contribution in [0.5, 0.6) is 0 Å². The molecule has 0 aromatic rings. The molecule has 0 aromatic heterocycles. The van der Waals surface area contributed by atoms with Crippen LogP contribution in [-0.4, -0.2) is 30.1 Å². The molecule has 1 saturated heterocycles. The molecular weight excluding hydrogens is 220 g/mol. The molecule has 0 spiro atoms. The van der Waals surface area contributed by atoms with Crippen LogP contribution >= 0.6 is 0 Å². The van der Waals surface area contributed by atoms with E-state index in [-0.39, 0.29) is 0 Å². The predicted octanol–water partition coefficient (Wildman–Crippen LogP) is 3.40. The molecule has 3 unspecified atom stereocenters. The number of nitrogens with zero attached hydrogens (tertiary/aromatic N) is 1. The summed E-state index contributed by atoms with van der Waals surface area (Å²) in [5, 5.41) is 0. The Morgan fingerprint density at radius 3 is 2.61 bits per heavy atom. The summed E-state index contributed by atoms with van der Waals surface area (Å²) in [5.41, 5.74) is 6.46. The number of hydrogen-bond acceptors (Lipinski definition) is 2. The van der Waals surface area contributed by atoms with Gasteiger partial charge in [0.05, 0.1) is 0 Å². The van der Waals surface area contributed by atoms with E-state index in [1.54, 1.807) is 0 Å². The van der Waals surface area contributed by atoms with Crippen LogP contribution in [0.2, 0.25) is 0 Å². The fourth-order valence-electron chi connectivity index (χ4n) is 3.89. The van der Waals surface area contributed by atoms with E-state index in [2.05, 4.69) is 25.7 Å². The van der Waals surface area contributed by atoms with Crippen molar-refractivity contribution in [3.8, 4) is 0 Å². The van der Waals surface area contributed by atoms with Gasteiger partial charge in [0.1, 0.15) is 0 Å². The third-order valence-corrected chi connectivity index (χ3v) is 5.38. The highest BCUT2D eigenvalue weighted by atomic mass is 15.2. The normalized spacial score (nSPS) is 38.3. The molecule has 3 atom stereocenters. The van der Waals surface area contributed by atoms with Crippen molar-refractivity contribution in [3.63, 3.8) is 0 Å². The molecule has 18 heavy (non-hydrogen) atoms. The van der Waals surface area contributed by atoms with Crippen LogP contribution in [0.1, 0.15) is 65.7 Å². The number of piperidine rings is 1. The third-order valence-electron chi connectivity index (χ3n) is 5.38. The number of likely N-dealkylation sites (tertiary alicyclic amines) is 1. The van der Waals surface area contributed by atoms with Gasteiger partial charge in [0.2, 0.25) is 0 Å². The van der Waals surface area contributed by atoms with E-state index in [0.717, 1.165) is 24.5 Å². The van der Waals surface area contributed by atoms with Gasteiger partial charge in [-0.2, -0.15) is 0 Å². The third kappa shape index (κ3) is 3.48. The van der Waals surface area contributed by atoms with Crippen LogP contribution < -0.4 is 5.73 Å². The van der Waals surface area contributed by atoms with Crippen LogP contribution in [0.3, 0.4) is 0 Å². The minimum atomic E-state index is 0.570. The molecule has 0 radical (unpaired) electrons. The molecule has 1 saturated carbocycles. The van der Waals surface area contributed by atoms with E-state index in [9.17, 15) is 0 Å². The Hall–Kier alpha value is -0.0800. The van der Waals surface area contributed by atoms with E-state index in [4.69, 9.17) is 5.73 Å². The van der Waals surface area contributed by atoms with Crippen LogP contribution in [0.25, 0.3) is 0 Å². The number of rotatable bonds is 2. The van der Waals surface area contributed by atoms with E-state index >= 15 is 0 Å². The van der Waals surface area contributed by atoms with Gasteiger partial charge in [-0.3, -0.25) is 4.90 Å². The lowest BCUT2D eigenvalue weighted by atomic mass is 9.85. The molecule has 2 nitrogen and oxygen atoms in total. The minimum Gasteiger partial charge on any atom is -0.330 e. The van der Waals surface area contributed by atoms with Crippen molar-refractivity contribution in [3.05, 3.63) is 0 Å². The fourth-order valence-corrected chi connectivity index (χ4v) is 3.89. The van der Waals surface area contributed by atoms with Gasteiger partial charge < -0.3 is 5.73 Å². The summed E-state index contributed by atoms with van der Waals surface area (Å²) >= 11 is 0. The largest absolute Gasteiger partial charge is 0.330 e. The molecule has 0 bridgehead atoms. The lowest BCUT2D eigenvalue weighted by Gasteiger charge is -2.42. The van der Waals surface area contributed by atoms with Crippen molar-refractivity contribution in [1.29, 1.82) is 0 Å². The molecule has 106 valence electrons. The zero-order chi connectivity index (χ0) is 13.2. The predicted molar refractivity (Wildman–Crippen MR) is 78.6 cm³/mol. The molecule has 2 fully saturated rings. The Kier molecular flexibility index (Phi) is 4.71. The van der Waals surface area contributed by atoms with Gasteiger partial charge >= 0.3 is 0 Å². The van der Waals surface area contributed by atoms with E-state index in [1.165, 1.54) is 51.5 Å². The standard InChI is InChI=1S/C16H32N2/c1-13-6-7-14(11-17)12-18(13)15-5-4-9-16(2,3)10-8-15/h13-15H,4-12,17H2,1-3H3. The van der Waals surface area contributed by atoms with Crippen LogP contribution in [0, 0.1) is 11.3 Å². The average molecular weight is 252 g/mol. The quantitative estimate of drug-likeness (QED) is 0.763. The Labute approximate surface area is 113 Å². The summed E-state index contributed by atoms with van der Waals surface area (Å²) in [6.07, 6.45) is 9.71.